The van der Waals surface area contributed by atoms with Gasteiger partial charge < -0.3 is 10.2 Å². The van der Waals surface area contributed by atoms with Gasteiger partial charge in [-0.1, -0.05) is 66.0 Å². The molecule has 0 aliphatic rings. The van der Waals surface area contributed by atoms with E-state index in [4.69, 9.17) is 34.8 Å². The molecule has 7 nitrogen and oxygen atoms in total. The fourth-order valence-electron chi connectivity index (χ4n) is 4.23. The smallest absolute Gasteiger partial charge is 0.264 e. The van der Waals surface area contributed by atoms with Gasteiger partial charge >= 0.3 is 0 Å². The van der Waals surface area contributed by atoms with Crippen LogP contribution in [0.4, 0.5) is 5.69 Å². The Morgan fingerprint density at radius 3 is 2.15 bits per heavy atom. The molecule has 0 heterocycles. The van der Waals surface area contributed by atoms with Gasteiger partial charge in [0.1, 0.15) is 12.6 Å². The van der Waals surface area contributed by atoms with Gasteiger partial charge in [-0.2, -0.15) is 0 Å². The lowest BCUT2D eigenvalue weighted by Crippen LogP contribution is -2.53. The Labute approximate surface area is 251 Å². The van der Waals surface area contributed by atoms with E-state index in [1.54, 1.807) is 56.3 Å². The molecule has 1 atom stereocenters. The third-order valence-corrected chi connectivity index (χ3v) is 8.98. The second-order valence-corrected chi connectivity index (χ2v) is 12.7. The average Bonchev–Trinajstić information content (AvgIpc) is 2.89. The molecule has 2 amide bonds. The predicted octanol–water partition coefficient (Wildman–Crippen LogP) is 6.48. The zero-order chi connectivity index (χ0) is 29.6. The van der Waals surface area contributed by atoms with Crippen LogP contribution in [0.3, 0.4) is 0 Å². The van der Waals surface area contributed by atoms with Crippen LogP contribution in [0.15, 0.2) is 71.6 Å². The van der Waals surface area contributed by atoms with Crippen molar-refractivity contribution in [3.05, 3.63) is 92.9 Å². The minimum absolute atomic E-state index is 0.0162. The molecule has 11 heteroatoms. The quantitative estimate of drug-likeness (QED) is 0.265. The highest BCUT2D eigenvalue weighted by Crippen LogP contribution is 2.29. The minimum atomic E-state index is -4.19. The van der Waals surface area contributed by atoms with E-state index in [-0.39, 0.29) is 23.4 Å². The van der Waals surface area contributed by atoms with Gasteiger partial charge in [-0.3, -0.25) is 13.9 Å². The number of rotatable bonds is 11. The highest BCUT2D eigenvalue weighted by Gasteiger charge is 2.34. The molecule has 0 saturated carbocycles. The van der Waals surface area contributed by atoms with Crippen molar-refractivity contribution < 1.29 is 18.0 Å². The van der Waals surface area contributed by atoms with E-state index in [9.17, 15) is 18.0 Å². The molecule has 0 saturated heterocycles. The summed E-state index contributed by atoms with van der Waals surface area (Å²) in [6.45, 7) is 6.69. The summed E-state index contributed by atoms with van der Waals surface area (Å²) in [5, 5.41) is 3.91. The second kappa shape index (κ2) is 13.7. The molecular weight excluding hydrogens is 593 g/mol. The van der Waals surface area contributed by atoms with Crippen molar-refractivity contribution in [3.8, 4) is 0 Å². The average molecular weight is 625 g/mol. The number of para-hydroxylation sites is 1. The summed E-state index contributed by atoms with van der Waals surface area (Å²) in [6.07, 6.45) is 0.305. The van der Waals surface area contributed by atoms with Crippen LogP contribution in [0.1, 0.15) is 38.3 Å². The van der Waals surface area contributed by atoms with Crippen LogP contribution in [0.5, 0.6) is 0 Å². The predicted molar refractivity (Wildman–Crippen MR) is 162 cm³/mol. The lowest BCUT2D eigenvalue weighted by molar-refractivity contribution is -0.140. The zero-order valence-electron chi connectivity index (χ0n) is 22.7. The third kappa shape index (κ3) is 7.69. The van der Waals surface area contributed by atoms with Crippen molar-refractivity contribution in [2.45, 2.75) is 57.6 Å². The second-order valence-electron chi connectivity index (χ2n) is 9.61. The number of hydrogen-bond donors (Lipinski definition) is 1. The SMILES string of the molecule is CCC(C(=O)NC(C)C)N(Cc1ccc(Cl)c(Cl)c1)C(=O)CN(c1ccccc1C)S(=O)(=O)c1ccc(Cl)cc1. The number of carbonyl (C=O) groups excluding carboxylic acids is 2. The maximum atomic E-state index is 14.1. The summed E-state index contributed by atoms with van der Waals surface area (Å²) < 4.78 is 28.9. The van der Waals surface area contributed by atoms with E-state index < -0.39 is 28.5 Å². The Hall–Kier alpha value is -2.78. The number of anilines is 1. The maximum absolute atomic E-state index is 14.1. The van der Waals surface area contributed by atoms with Gasteiger partial charge in [0.2, 0.25) is 11.8 Å². The number of aryl methyl sites for hydroxylation is 1. The Balaban J connectivity index is 2.09. The lowest BCUT2D eigenvalue weighted by Gasteiger charge is -2.34. The molecule has 0 bridgehead atoms. The van der Waals surface area contributed by atoms with Crippen LogP contribution in [0.25, 0.3) is 0 Å². The first kappa shape index (κ1) is 31.7. The highest BCUT2D eigenvalue weighted by molar-refractivity contribution is 7.92. The van der Waals surface area contributed by atoms with E-state index in [2.05, 4.69) is 5.32 Å². The molecule has 40 heavy (non-hydrogen) atoms. The molecule has 3 aromatic carbocycles. The number of carbonyl (C=O) groups is 2. The van der Waals surface area contributed by atoms with Crippen molar-refractivity contribution in [2.75, 3.05) is 10.8 Å². The van der Waals surface area contributed by atoms with Crippen LogP contribution in [-0.4, -0.2) is 43.8 Å². The van der Waals surface area contributed by atoms with E-state index in [1.807, 2.05) is 13.8 Å². The van der Waals surface area contributed by atoms with Crippen LogP contribution < -0.4 is 9.62 Å². The first-order chi connectivity index (χ1) is 18.8. The molecule has 3 aromatic rings. The van der Waals surface area contributed by atoms with Crippen molar-refractivity contribution in [3.63, 3.8) is 0 Å². The van der Waals surface area contributed by atoms with E-state index in [1.165, 1.54) is 29.2 Å². The summed E-state index contributed by atoms with van der Waals surface area (Å²) in [6, 6.07) is 16.6. The molecule has 1 N–H and O–H groups in total. The molecular formula is C29H32Cl3N3O4S. The van der Waals surface area contributed by atoms with Gasteiger partial charge in [-0.25, -0.2) is 8.42 Å². The van der Waals surface area contributed by atoms with Gasteiger partial charge in [-0.05, 0) is 80.8 Å². The molecule has 0 fully saturated rings. The summed E-state index contributed by atoms with van der Waals surface area (Å²) in [7, 11) is -4.19. The number of hydrogen-bond acceptors (Lipinski definition) is 4. The molecule has 0 aliphatic heterocycles. The van der Waals surface area contributed by atoms with Crippen molar-refractivity contribution in [1.82, 2.24) is 10.2 Å². The molecule has 0 aromatic heterocycles. The van der Waals surface area contributed by atoms with Crippen molar-refractivity contribution >= 4 is 62.3 Å². The van der Waals surface area contributed by atoms with Gasteiger partial charge in [0.15, 0.2) is 0 Å². The van der Waals surface area contributed by atoms with Crippen LogP contribution >= 0.6 is 34.8 Å². The molecule has 214 valence electrons. The number of nitrogens with zero attached hydrogens (tertiary/aromatic N) is 2. The first-order valence-corrected chi connectivity index (χ1v) is 15.3. The monoisotopic (exact) mass is 623 g/mol. The Kier molecular flexibility index (Phi) is 10.9. The van der Waals surface area contributed by atoms with Gasteiger partial charge in [0.25, 0.3) is 10.0 Å². The Morgan fingerprint density at radius 1 is 0.925 bits per heavy atom. The summed E-state index contributed by atoms with van der Waals surface area (Å²) >= 11 is 18.3. The third-order valence-electron chi connectivity index (χ3n) is 6.22. The maximum Gasteiger partial charge on any atom is 0.264 e. The van der Waals surface area contributed by atoms with Crippen LogP contribution in [-0.2, 0) is 26.2 Å². The van der Waals surface area contributed by atoms with Crippen LogP contribution in [0, 0.1) is 6.92 Å². The molecule has 1 unspecified atom stereocenters. The minimum Gasteiger partial charge on any atom is -0.352 e. The zero-order valence-corrected chi connectivity index (χ0v) is 25.8. The van der Waals surface area contributed by atoms with Gasteiger partial charge in [0.05, 0.1) is 20.6 Å². The normalized spacial score (nSPS) is 12.2. The molecule has 0 spiro atoms. The highest BCUT2D eigenvalue weighted by atomic mass is 35.5. The summed E-state index contributed by atoms with van der Waals surface area (Å²) in [4.78, 5) is 28.7. The number of benzene rings is 3. The molecule has 3 rings (SSSR count). The summed E-state index contributed by atoms with van der Waals surface area (Å²) in [5.74, 6) is -0.897. The van der Waals surface area contributed by atoms with Gasteiger partial charge in [-0.15, -0.1) is 0 Å². The fraction of sp³-hybridized carbons (Fsp3) is 0.310. The molecule has 0 radical (unpaired) electrons. The Morgan fingerprint density at radius 2 is 1.57 bits per heavy atom. The van der Waals surface area contributed by atoms with Crippen molar-refractivity contribution in [1.29, 1.82) is 0 Å². The number of nitrogens with one attached hydrogen (secondary N) is 1. The number of halogens is 3. The first-order valence-electron chi connectivity index (χ1n) is 12.7. The van der Waals surface area contributed by atoms with Gasteiger partial charge in [0, 0.05) is 17.6 Å². The van der Waals surface area contributed by atoms with E-state index in [0.29, 0.717) is 38.3 Å². The lowest BCUT2D eigenvalue weighted by atomic mass is 10.1. The topological polar surface area (TPSA) is 86.8 Å². The largest absolute Gasteiger partial charge is 0.352 e. The molecule has 0 aliphatic carbocycles. The standard InChI is InChI=1S/C29H32Cl3N3O4S/c1-5-26(29(37)33-19(2)3)34(17-21-10-15-24(31)25(32)16-21)28(36)18-35(27-9-7-6-8-20(27)4)40(38,39)23-13-11-22(30)12-14-23/h6-16,19,26H,5,17-18H2,1-4H3,(H,33,37). The summed E-state index contributed by atoms with van der Waals surface area (Å²) in [5.41, 5.74) is 1.65. The Bertz CT molecular complexity index is 1460. The van der Waals surface area contributed by atoms with E-state index >= 15 is 0 Å². The number of sulfonamides is 1. The number of amides is 2. The van der Waals surface area contributed by atoms with E-state index in [0.717, 1.165) is 4.31 Å². The van der Waals surface area contributed by atoms with Crippen LogP contribution in [0.2, 0.25) is 15.1 Å². The van der Waals surface area contributed by atoms with Crippen molar-refractivity contribution in [2.24, 2.45) is 0 Å². The fourth-order valence-corrected chi connectivity index (χ4v) is 6.15.